The highest BCUT2D eigenvalue weighted by Crippen LogP contribution is 2.30. The van der Waals surface area contributed by atoms with Gasteiger partial charge < -0.3 is 4.74 Å². The van der Waals surface area contributed by atoms with Gasteiger partial charge in [-0.3, -0.25) is 4.90 Å². The zero-order chi connectivity index (χ0) is 13.9. The predicted octanol–water partition coefficient (Wildman–Crippen LogP) is 3.30. The maximum atomic E-state index is 12.6. The fraction of sp³-hybridized carbons (Fsp3) is 0.538. The molecule has 0 bridgehead atoms. The normalized spacial score (nSPS) is 21.6. The highest BCUT2D eigenvalue weighted by atomic mass is 79.9. The van der Waals surface area contributed by atoms with Crippen LogP contribution in [0.4, 0.5) is 13.2 Å². The monoisotopic (exact) mass is 337 g/mol. The summed E-state index contributed by atoms with van der Waals surface area (Å²) in [6.07, 6.45) is -4.28. The van der Waals surface area contributed by atoms with Crippen LogP contribution < -0.4 is 0 Å². The molecule has 2 rings (SSSR count). The van der Waals surface area contributed by atoms with Crippen LogP contribution in [0, 0.1) is 0 Å². The number of morpholine rings is 1. The largest absolute Gasteiger partial charge is 0.416 e. The molecule has 2 nitrogen and oxygen atoms in total. The van der Waals surface area contributed by atoms with Gasteiger partial charge in [-0.25, -0.2) is 0 Å². The molecule has 0 N–H and O–H groups in total. The van der Waals surface area contributed by atoms with Gasteiger partial charge >= 0.3 is 6.18 Å². The van der Waals surface area contributed by atoms with E-state index in [0.29, 0.717) is 25.3 Å². The van der Waals surface area contributed by atoms with Crippen LogP contribution in [-0.2, 0) is 17.5 Å². The Hall–Kier alpha value is -0.590. The smallest absolute Gasteiger partial charge is 0.378 e. The SMILES string of the molecule is FC(F)(F)c1cccc(CN2CCOCC2CBr)c1. The van der Waals surface area contributed by atoms with Gasteiger partial charge in [0.2, 0.25) is 0 Å². The van der Waals surface area contributed by atoms with Crippen LogP contribution in [0.25, 0.3) is 0 Å². The maximum Gasteiger partial charge on any atom is 0.416 e. The van der Waals surface area contributed by atoms with E-state index in [-0.39, 0.29) is 6.04 Å². The van der Waals surface area contributed by atoms with Crippen molar-refractivity contribution in [2.75, 3.05) is 25.1 Å². The van der Waals surface area contributed by atoms with E-state index in [1.807, 2.05) is 0 Å². The van der Waals surface area contributed by atoms with Gasteiger partial charge in [0.1, 0.15) is 0 Å². The van der Waals surface area contributed by atoms with Crippen LogP contribution in [0.1, 0.15) is 11.1 Å². The zero-order valence-corrected chi connectivity index (χ0v) is 11.9. The molecular formula is C13H15BrF3NO. The third-order valence-corrected chi connectivity index (χ3v) is 3.91. The maximum absolute atomic E-state index is 12.6. The van der Waals surface area contributed by atoms with Gasteiger partial charge in [0.05, 0.1) is 18.8 Å². The highest BCUT2D eigenvalue weighted by Gasteiger charge is 2.30. The lowest BCUT2D eigenvalue weighted by molar-refractivity contribution is -0.137. The molecule has 1 unspecified atom stereocenters. The minimum absolute atomic E-state index is 0.211. The van der Waals surface area contributed by atoms with E-state index in [9.17, 15) is 13.2 Å². The second-order valence-corrected chi connectivity index (χ2v) is 5.20. The Morgan fingerprint density at radius 3 is 2.84 bits per heavy atom. The lowest BCUT2D eigenvalue weighted by Crippen LogP contribution is -2.45. The van der Waals surface area contributed by atoms with Crippen LogP contribution in [0.5, 0.6) is 0 Å². The molecule has 0 amide bonds. The van der Waals surface area contributed by atoms with Gasteiger partial charge in [0.25, 0.3) is 0 Å². The molecule has 0 aromatic heterocycles. The summed E-state index contributed by atoms with van der Waals surface area (Å²) in [6.45, 7) is 2.50. The van der Waals surface area contributed by atoms with Crippen molar-refractivity contribution in [2.24, 2.45) is 0 Å². The van der Waals surface area contributed by atoms with Gasteiger partial charge in [-0.05, 0) is 11.6 Å². The van der Waals surface area contributed by atoms with Gasteiger partial charge in [0, 0.05) is 24.5 Å². The molecule has 0 aliphatic carbocycles. The number of halogens is 4. The van der Waals surface area contributed by atoms with Gasteiger partial charge in [-0.1, -0.05) is 34.1 Å². The predicted molar refractivity (Wildman–Crippen MR) is 70.3 cm³/mol. The zero-order valence-electron chi connectivity index (χ0n) is 10.3. The Balaban J connectivity index is 2.10. The summed E-state index contributed by atoms with van der Waals surface area (Å²) in [6, 6.07) is 5.73. The van der Waals surface area contributed by atoms with Crippen molar-refractivity contribution in [2.45, 2.75) is 18.8 Å². The minimum Gasteiger partial charge on any atom is -0.378 e. The fourth-order valence-electron chi connectivity index (χ4n) is 2.12. The van der Waals surface area contributed by atoms with Crippen molar-refractivity contribution in [3.8, 4) is 0 Å². The van der Waals surface area contributed by atoms with Crippen LogP contribution in [-0.4, -0.2) is 36.0 Å². The Kier molecular flexibility index (Phi) is 4.86. The second-order valence-electron chi connectivity index (χ2n) is 4.55. The fourth-order valence-corrected chi connectivity index (χ4v) is 2.72. The number of benzene rings is 1. The lowest BCUT2D eigenvalue weighted by Gasteiger charge is -2.34. The third-order valence-electron chi connectivity index (χ3n) is 3.17. The molecule has 106 valence electrons. The van der Waals surface area contributed by atoms with Crippen molar-refractivity contribution >= 4 is 15.9 Å². The average Bonchev–Trinajstić information content (AvgIpc) is 2.39. The summed E-state index contributed by atoms with van der Waals surface area (Å²) in [5.74, 6) is 0. The topological polar surface area (TPSA) is 12.5 Å². The summed E-state index contributed by atoms with van der Waals surface area (Å²) in [5.41, 5.74) is 0.0938. The molecule has 1 heterocycles. The van der Waals surface area contributed by atoms with Crippen molar-refractivity contribution in [3.05, 3.63) is 35.4 Å². The van der Waals surface area contributed by atoms with Crippen LogP contribution in [0.2, 0.25) is 0 Å². The number of rotatable bonds is 3. The van der Waals surface area contributed by atoms with E-state index in [2.05, 4.69) is 20.8 Å². The van der Waals surface area contributed by atoms with E-state index < -0.39 is 11.7 Å². The highest BCUT2D eigenvalue weighted by molar-refractivity contribution is 9.09. The Morgan fingerprint density at radius 2 is 2.16 bits per heavy atom. The van der Waals surface area contributed by atoms with Crippen LogP contribution in [0.15, 0.2) is 24.3 Å². The number of nitrogens with zero attached hydrogens (tertiary/aromatic N) is 1. The second kappa shape index (κ2) is 6.24. The summed E-state index contributed by atoms with van der Waals surface area (Å²) < 4.78 is 43.3. The standard InChI is InChI=1S/C13H15BrF3NO/c14-7-12-9-19-5-4-18(12)8-10-2-1-3-11(6-10)13(15,16)17/h1-3,6,12H,4-5,7-9H2. The molecule has 1 aromatic rings. The Labute approximate surface area is 118 Å². The average molecular weight is 338 g/mol. The van der Waals surface area contributed by atoms with Crippen LogP contribution >= 0.6 is 15.9 Å². The van der Waals surface area contributed by atoms with Crippen molar-refractivity contribution in [1.29, 1.82) is 0 Å². The molecule has 1 aromatic carbocycles. The molecule has 0 radical (unpaired) electrons. The first-order valence-corrected chi connectivity index (χ1v) is 7.17. The first kappa shape index (κ1) is 14.8. The van der Waals surface area contributed by atoms with E-state index in [1.165, 1.54) is 12.1 Å². The molecule has 1 aliphatic rings. The summed E-state index contributed by atoms with van der Waals surface area (Å²) in [4.78, 5) is 2.15. The molecule has 1 aliphatic heterocycles. The molecule has 1 saturated heterocycles. The van der Waals surface area contributed by atoms with Gasteiger partial charge in [0.15, 0.2) is 0 Å². The van der Waals surface area contributed by atoms with E-state index in [1.54, 1.807) is 6.07 Å². The molecule has 0 spiro atoms. The molecule has 0 saturated carbocycles. The molecule has 1 fully saturated rings. The van der Waals surface area contributed by atoms with Crippen molar-refractivity contribution in [3.63, 3.8) is 0 Å². The van der Waals surface area contributed by atoms with E-state index in [4.69, 9.17) is 4.74 Å². The van der Waals surface area contributed by atoms with E-state index in [0.717, 1.165) is 17.9 Å². The number of ether oxygens (including phenoxy) is 1. The third kappa shape index (κ3) is 3.94. The lowest BCUT2D eigenvalue weighted by atomic mass is 10.1. The first-order chi connectivity index (χ1) is 9.00. The van der Waals surface area contributed by atoms with Crippen molar-refractivity contribution < 1.29 is 17.9 Å². The molecule has 1 atom stereocenters. The van der Waals surface area contributed by atoms with E-state index >= 15 is 0 Å². The Bertz CT molecular complexity index is 425. The Morgan fingerprint density at radius 1 is 1.37 bits per heavy atom. The first-order valence-electron chi connectivity index (χ1n) is 6.04. The van der Waals surface area contributed by atoms with Crippen LogP contribution in [0.3, 0.4) is 0 Å². The molecular weight excluding hydrogens is 323 g/mol. The van der Waals surface area contributed by atoms with Gasteiger partial charge in [-0.2, -0.15) is 13.2 Å². The quantitative estimate of drug-likeness (QED) is 0.784. The summed E-state index contributed by atoms with van der Waals surface area (Å²) in [5, 5.41) is 0.756. The van der Waals surface area contributed by atoms with Crippen molar-refractivity contribution in [1.82, 2.24) is 4.90 Å². The number of alkyl halides is 4. The number of hydrogen-bond donors (Lipinski definition) is 0. The summed E-state index contributed by atoms with van der Waals surface area (Å²) in [7, 11) is 0. The molecule has 19 heavy (non-hydrogen) atoms. The minimum atomic E-state index is -4.28. The molecule has 6 heteroatoms. The van der Waals surface area contributed by atoms with Gasteiger partial charge in [-0.15, -0.1) is 0 Å². The summed E-state index contributed by atoms with van der Waals surface area (Å²) >= 11 is 3.41. The number of hydrogen-bond acceptors (Lipinski definition) is 2.